The van der Waals surface area contributed by atoms with Crippen LogP contribution in [-0.2, 0) is 4.74 Å². The summed E-state index contributed by atoms with van der Waals surface area (Å²) in [5.74, 6) is 0.855. The van der Waals surface area contributed by atoms with Crippen molar-refractivity contribution in [3.05, 3.63) is 24.3 Å². The van der Waals surface area contributed by atoms with Crippen LogP contribution in [0.5, 0.6) is 5.75 Å². The van der Waals surface area contributed by atoms with Gasteiger partial charge in [0.05, 0.1) is 19.3 Å². The predicted molar refractivity (Wildman–Crippen MR) is 62.1 cm³/mol. The molecule has 0 radical (unpaired) electrons. The Morgan fingerprint density at radius 3 is 2.40 bits per heavy atom. The Morgan fingerprint density at radius 1 is 1.13 bits per heavy atom. The monoisotopic (exact) mass is 209 g/mol. The number of nitrogens with two attached hydrogens (primary N) is 1. The highest BCUT2D eigenvalue weighted by Crippen LogP contribution is 2.13. The average molecular weight is 209 g/mol. The number of hydrogen-bond acceptors (Lipinski definition) is 3. The standard InChI is InChI=1S/C12H19NO2/c1-10(2)14-8-3-9-15-12-6-4-11(13)5-7-12/h4-7,10H,3,8-9,13H2,1-2H3. The van der Waals surface area contributed by atoms with E-state index in [-0.39, 0.29) is 0 Å². The molecule has 0 saturated carbocycles. The largest absolute Gasteiger partial charge is 0.494 e. The van der Waals surface area contributed by atoms with Gasteiger partial charge in [-0.25, -0.2) is 0 Å². The van der Waals surface area contributed by atoms with Gasteiger partial charge in [0.1, 0.15) is 5.75 Å². The fraction of sp³-hybridized carbons (Fsp3) is 0.500. The lowest BCUT2D eigenvalue weighted by atomic mass is 10.3. The third kappa shape index (κ3) is 5.27. The molecule has 0 aromatic heterocycles. The molecule has 3 nitrogen and oxygen atoms in total. The van der Waals surface area contributed by atoms with E-state index in [1.807, 2.05) is 38.1 Å². The molecule has 0 aliphatic carbocycles. The van der Waals surface area contributed by atoms with E-state index in [0.29, 0.717) is 12.7 Å². The minimum atomic E-state index is 0.293. The zero-order chi connectivity index (χ0) is 11.1. The fourth-order valence-electron chi connectivity index (χ4n) is 1.13. The summed E-state index contributed by atoms with van der Waals surface area (Å²) in [7, 11) is 0. The van der Waals surface area contributed by atoms with Gasteiger partial charge in [-0.05, 0) is 38.1 Å². The lowest BCUT2D eigenvalue weighted by molar-refractivity contribution is 0.0694. The van der Waals surface area contributed by atoms with Crippen molar-refractivity contribution in [3.63, 3.8) is 0 Å². The highest BCUT2D eigenvalue weighted by molar-refractivity contribution is 5.41. The van der Waals surface area contributed by atoms with Crippen molar-refractivity contribution < 1.29 is 9.47 Å². The summed E-state index contributed by atoms with van der Waals surface area (Å²) < 4.78 is 10.9. The molecule has 1 aromatic carbocycles. The molecule has 0 fully saturated rings. The highest BCUT2D eigenvalue weighted by atomic mass is 16.5. The molecular formula is C12H19NO2. The van der Waals surface area contributed by atoms with Crippen molar-refractivity contribution in [1.29, 1.82) is 0 Å². The van der Waals surface area contributed by atoms with Gasteiger partial charge in [-0.3, -0.25) is 0 Å². The molecule has 0 bridgehead atoms. The molecule has 0 atom stereocenters. The Labute approximate surface area is 91.2 Å². The van der Waals surface area contributed by atoms with Crippen LogP contribution in [0.3, 0.4) is 0 Å². The minimum absolute atomic E-state index is 0.293. The zero-order valence-corrected chi connectivity index (χ0v) is 9.40. The van der Waals surface area contributed by atoms with Gasteiger partial charge >= 0.3 is 0 Å². The number of benzene rings is 1. The third-order valence-corrected chi connectivity index (χ3v) is 1.89. The Morgan fingerprint density at radius 2 is 1.80 bits per heavy atom. The Kier molecular flexibility index (Phi) is 4.98. The van der Waals surface area contributed by atoms with E-state index >= 15 is 0 Å². The lowest BCUT2D eigenvalue weighted by Crippen LogP contribution is -2.07. The van der Waals surface area contributed by atoms with E-state index < -0.39 is 0 Å². The molecule has 0 aliphatic heterocycles. The molecule has 0 aliphatic rings. The first kappa shape index (κ1) is 11.9. The summed E-state index contributed by atoms with van der Waals surface area (Å²) >= 11 is 0. The first-order valence-electron chi connectivity index (χ1n) is 5.28. The van der Waals surface area contributed by atoms with E-state index in [1.165, 1.54) is 0 Å². The number of rotatable bonds is 6. The maximum Gasteiger partial charge on any atom is 0.119 e. The van der Waals surface area contributed by atoms with Crippen LogP contribution in [0.15, 0.2) is 24.3 Å². The second kappa shape index (κ2) is 6.30. The molecule has 15 heavy (non-hydrogen) atoms. The SMILES string of the molecule is CC(C)OCCCOc1ccc(N)cc1. The second-order valence-electron chi connectivity index (χ2n) is 3.69. The fourth-order valence-corrected chi connectivity index (χ4v) is 1.13. The first-order valence-corrected chi connectivity index (χ1v) is 5.28. The maximum absolute atomic E-state index is 5.56. The van der Waals surface area contributed by atoms with Crippen molar-refractivity contribution in [2.75, 3.05) is 18.9 Å². The van der Waals surface area contributed by atoms with Crippen LogP contribution >= 0.6 is 0 Å². The molecule has 0 spiro atoms. The molecule has 0 amide bonds. The van der Waals surface area contributed by atoms with Gasteiger partial charge in [-0.15, -0.1) is 0 Å². The third-order valence-electron chi connectivity index (χ3n) is 1.89. The number of hydrogen-bond donors (Lipinski definition) is 1. The Balaban J connectivity index is 2.12. The summed E-state index contributed by atoms with van der Waals surface area (Å²) in [6.45, 7) is 5.48. The van der Waals surface area contributed by atoms with E-state index in [4.69, 9.17) is 15.2 Å². The van der Waals surface area contributed by atoms with Crippen LogP contribution in [0.1, 0.15) is 20.3 Å². The van der Waals surface area contributed by atoms with Crippen molar-refractivity contribution >= 4 is 5.69 Å². The summed E-state index contributed by atoms with van der Waals surface area (Å²) in [6, 6.07) is 7.41. The minimum Gasteiger partial charge on any atom is -0.494 e. The summed E-state index contributed by atoms with van der Waals surface area (Å²) in [4.78, 5) is 0. The van der Waals surface area contributed by atoms with E-state index in [2.05, 4.69) is 0 Å². The van der Waals surface area contributed by atoms with Crippen molar-refractivity contribution in [3.8, 4) is 5.75 Å². The molecule has 0 heterocycles. The topological polar surface area (TPSA) is 44.5 Å². The molecule has 3 heteroatoms. The quantitative estimate of drug-likeness (QED) is 0.578. The van der Waals surface area contributed by atoms with E-state index in [1.54, 1.807) is 0 Å². The molecule has 0 saturated heterocycles. The number of ether oxygens (including phenoxy) is 2. The van der Waals surface area contributed by atoms with Crippen LogP contribution in [-0.4, -0.2) is 19.3 Å². The summed E-state index contributed by atoms with van der Waals surface area (Å²) in [6.07, 6.45) is 1.20. The number of anilines is 1. The maximum atomic E-state index is 5.56. The van der Waals surface area contributed by atoms with Crippen molar-refractivity contribution in [2.45, 2.75) is 26.4 Å². The van der Waals surface area contributed by atoms with Gasteiger partial charge in [0.25, 0.3) is 0 Å². The molecular weight excluding hydrogens is 190 g/mol. The predicted octanol–water partition coefficient (Wildman–Crippen LogP) is 2.46. The van der Waals surface area contributed by atoms with Crippen LogP contribution < -0.4 is 10.5 Å². The van der Waals surface area contributed by atoms with Crippen LogP contribution in [0.25, 0.3) is 0 Å². The first-order chi connectivity index (χ1) is 7.18. The van der Waals surface area contributed by atoms with Gasteiger partial charge in [0.2, 0.25) is 0 Å². The van der Waals surface area contributed by atoms with E-state index in [9.17, 15) is 0 Å². The van der Waals surface area contributed by atoms with Gasteiger partial charge in [0, 0.05) is 12.1 Å². The van der Waals surface area contributed by atoms with Gasteiger partial charge in [-0.2, -0.15) is 0 Å². The molecule has 0 unspecified atom stereocenters. The van der Waals surface area contributed by atoms with Crippen LogP contribution in [0, 0.1) is 0 Å². The molecule has 1 rings (SSSR count). The van der Waals surface area contributed by atoms with Crippen LogP contribution in [0.2, 0.25) is 0 Å². The zero-order valence-electron chi connectivity index (χ0n) is 9.40. The van der Waals surface area contributed by atoms with Gasteiger partial charge in [-0.1, -0.05) is 0 Å². The van der Waals surface area contributed by atoms with Crippen LogP contribution in [0.4, 0.5) is 5.69 Å². The van der Waals surface area contributed by atoms with Crippen molar-refractivity contribution in [2.24, 2.45) is 0 Å². The Hall–Kier alpha value is -1.22. The molecule has 84 valence electrons. The van der Waals surface area contributed by atoms with E-state index in [0.717, 1.165) is 24.5 Å². The summed E-state index contributed by atoms with van der Waals surface area (Å²) in [5, 5.41) is 0. The average Bonchev–Trinajstić information content (AvgIpc) is 2.20. The Bertz CT molecular complexity index is 269. The molecule has 1 aromatic rings. The normalized spacial score (nSPS) is 10.6. The second-order valence-corrected chi connectivity index (χ2v) is 3.69. The summed E-state index contributed by atoms with van der Waals surface area (Å²) in [5.41, 5.74) is 6.32. The molecule has 2 N–H and O–H groups in total. The lowest BCUT2D eigenvalue weighted by Gasteiger charge is -2.08. The smallest absolute Gasteiger partial charge is 0.119 e. The highest BCUT2D eigenvalue weighted by Gasteiger charge is 1.95. The van der Waals surface area contributed by atoms with Gasteiger partial charge < -0.3 is 15.2 Å². The van der Waals surface area contributed by atoms with Crippen molar-refractivity contribution in [1.82, 2.24) is 0 Å². The van der Waals surface area contributed by atoms with Gasteiger partial charge in [0.15, 0.2) is 0 Å². The number of nitrogen functional groups attached to an aromatic ring is 1.